The number of carbonyl (C=O) groups is 2. The molecule has 1 rings (SSSR count). The van der Waals surface area contributed by atoms with E-state index in [0.717, 1.165) is 0 Å². The normalized spacial score (nSPS) is 11.5. The van der Waals surface area contributed by atoms with E-state index in [0.29, 0.717) is 11.1 Å². The van der Waals surface area contributed by atoms with Crippen LogP contribution in [-0.4, -0.2) is 25.0 Å². The van der Waals surface area contributed by atoms with Gasteiger partial charge < -0.3 is 10.1 Å². The Morgan fingerprint density at radius 2 is 1.84 bits per heavy atom. The lowest BCUT2D eigenvalue weighted by Gasteiger charge is -2.19. The summed E-state index contributed by atoms with van der Waals surface area (Å²) in [6.45, 7) is 3.64. The van der Waals surface area contributed by atoms with Crippen molar-refractivity contribution in [2.24, 2.45) is 5.92 Å². The topological polar surface area (TPSA) is 79.2 Å². The third kappa shape index (κ3) is 3.81. The van der Waals surface area contributed by atoms with Crippen LogP contribution in [0, 0.1) is 17.2 Å². The van der Waals surface area contributed by atoms with Crippen LogP contribution in [0.4, 0.5) is 0 Å². The molecule has 0 heterocycles. The Morgan fingerprint density at radius 3 is 2.26 bits per heavy atom. The van der Waals surface area contributed by atoms with Crippen LogP contribution in [0.25, 0.3) is 0 Å². The molecule has 1 aromatic carbocycles. The Bertz CT molecular complexity index is 500. The molecule has 1 aromatic rings. The van der Waals surface area contributed by atoms with E-state index in [1.54, 1.807) is 24.3 Å². The predicted octanol–water partition coefficient (Wildman–Crippen LogP) is 1.49. The Kier molecular flexibility index (Phi) is 5.07. The molecule has 0 unspecified atom stereocenters. The van der Waals surface area contributed by atoms with Crippen molar-refractivity contribution in [3.05, 3.63) is 35.4 Å². The highest BCUT2D eigenvalue weighted by Crippen LogP contribution is 2.07. The van der Waals surface area contributed by atoms with Crippen LogP contribution in [0.3, 0.4) is 0 Å². The lowest BCUT2D eigenvalue weighted by Crippen LogP contribution is -2.45. The number of nitriles is 1. The smallest absolute Gasteiger partial charge is 0.328 e. The van der Waals surface area contributed by atoms with Gasteiger partial charge in [0, 0.05) is 5.56 Å². The minimum Gasteiger partial charge on any atom is -0.467 e. The number of ether oxygens (including phenoxy) is 1. The molecular weight excluding hydrogens is 244 g/mol. The molecule has 0 aromatic heterocycles. The minimum atomic E-state index is -0.687. The average molecular weight is 260 g/mol. The fourth-order valence-electron chi connectivity index (χ4n) is 1.55. The maximum atomic E-state index is 12.0. The van der Waals surface area contributed by atoms with Gasteiger partial charge in [0.05, 0.1) is 18.7 Å². The number of amides is 1. The van der Waals surface area contributed by atoms with Crippen LogP contribution in [0.15, 0.2) is 24.3 Å². The highest BCUT2D eigenvalue weighted by atomic mass is 16.5. The molecule has 0 fully saturated rings. The molecular formula is C14H16N2O3. The quantitative estimate of drug-likeness (QED) is 0.832. The zero-order chi connectivity index (χ0) is 14.4. The highest BCUT2D eigenvalue weighted by molar-refractivity contribution is 5.96. The van der Waals surface area contributed by atoms with Crippen molar-refractivity contribution < 1.29 is 14.3 Å². The molecule has 1 N–H and O–H groups in total. The van der Waals surface area contributed by atoms with E-state index < -0.39 is 12.0 Å². The fourth-order valence-corrected chi connectivity index (χ4v) is 1.55. The Morgan fingerprint density at radius 1 is 1.26 bits per heavy atom. The summed E-state index contributed by atoms with van der Waals surface area (Å²) in [6, 6.07) is 7.48. The van der Waals surface area contributed by atoms with Crippen molar-refractivity contribution in [3.63, 3.8) is 0 Å². The minimum absolute atomic E-state index is 0.0743. The first kappa shape index (κ1) is 14.7. The van der Waals surface area contributed by atoms with Crippen molar-refractivity contribution >= 4 is 11.9 Å². The van der Waals surface area contributed by atoms with E-state index in [1.807, 2.05) is 19.9 Å². The summed E-state index contributed by atoms with van der Waals surface area (Å²) in [7, 11) is 1.28. The molecule has 19 heavy (non-hydrogen) atoms. The first-order chi connectivity index (χ1) is 8.99. The van der Waals surface area contributed by atoms with Gasteiger partial charge in [0.2, 0.25) is 0 Å². The SMILES string of the molecule is COC(=O)[C@@H](NC(=O)c1ccc(C#N)cc1)C(C)C. The van der Waals surface area contributed by atoms with Crippen molar-refractivity contribution in [2.45, 2.75) is 19.9 Å². The average Bonchev–Trinajstić information content (AvgIpc) is 2.43. The molecule has 1 amide bonds. The molecule has 0 bridgehead atoms. The van der Waals surface area contributed by atoms with Gasteiger partial charge in [-0.05, 0) is 30.2 Å². The maximum absolute atomic E-state index is 12.0. The number of nitrogens with zero attached hydrogens (tertiary/aromatic N) is 1. The van der Waals surface area contributed by atoms with Gasteiger partial charge in [-0.25, -0.2) is 4.79 Å². The van der Waals surface area contributed by atoms with Gasteiger partial charge in [-0.3, -0.25) is 4.79 Å². The van der Waals surface area contributed by atoms with Gasteiger partial charge in [-0.15, -0.1) is 0 Å². The third-order valence-corrected chi connectivity index (χ3v) is 2.68. The summed E-state index contributed by atoms with van der Waals surface area (Å²) >= 11 is 0. The molecule has 100 valence electrons. The van der Waals surface area contributed by atoms with Gasteiger partial charge >= 0.3 is 5.97 Å². The fraction of sp³-hybridized carbons (Fsp3) is 0.357. The van der Waals surface area contributed by atoms with Gasteiger partial charge in [-0.1, -0.05) is 13.8 Å². The van der Waals surface area contributed by atoms with Crippen molar-refractivity contribution in [1.82, 2.24) is 5.32 Å². The first-order valence-electron chi connectivity index (χ1n) is 5.88. The van der Waals surface area contributed by atoms with E-state index in [-0.39, 0.29) is 11.8 Å². The van der Waals surface area contributed by atoms with E-state index in [2.05, 4.69) is 10.1 Å². The Balaban J connectivity index is 2.82. The van der Waals surface area contributed by atoms with Crippen LogP contribution in [0.1, 0.15) is 29.8 Å². The number of hydrogen-bond donors (Lipinski definition) is 1. The van der Waals surface area contributed by atoms with Crippen LogP contribution < -0.4 is 5.32 Å². The van der Waals surface area contributed by atoms with Crippen LogP contribution in [0.2, 0.25) is 0 Å². The van der Waals surface area contributed by atoms with Crippen LogP contribution >= 0.6 is 0 Å². The van der Waals surface area contributed by atoms with Crippen LogP contribution in [0.5, 0.6) is 0 Å². The molecule has 0 saturated heterocycles. The maximum Gasteiger partial charge on any atom is 0.328 e. The summed E-state index contributed by atoms with van der Waals surface area (Å²) < 4.78 is 4.65. The van der Waals surface area contributed by atoms with E-state index in [4.69, 9.17) is 5.26 Å². The molecule has 0 saturated carbocycles. The molecule has 0 aliphatic heterocycles. The van der Waals surface area contributed by atoms with E-state index >= 15 is 0 Å². The highest BCUT2D eigenvalue weighted by Gasteiger charge is 2.25. The molecule has 5 heteroatoms. The molecule has 0 aliphatic rings. The zero-order valence-corrected chi connectivity index (χ0v) is 11.1. The summed E-state index contributed by atoms with van der Waals surface area (Å²) in [5, 5.41) is 11.3. The Hall–Kier alpha value is -2.35. The summed E-state index contributed by atoms with van der Waals surface area (Å²) in [5.74, 6) is -0.916. The second-order valence-corrected chi connectivity index (χ2v) is 4.41. The van der Waals surface area contributed by atoms with Gasteiger partial charge in [0.25, 0.3) is 5.91 Å². The third-order valence-electron chi connectivity index (χ3n) is 2.68. The van der Waals surface area contributed by atoms with Crippen molar-refractivity contribution in [3.8, 4) is 6.07 Å². The second kappa shape index (κ2) is 6.55. The monoisotopic (exact) mass is 260 g/mol. The number of rotatable bonds is 4. The lowest BCUT2D eigenvalue weighted by molar-refractivity contribution is -0.144. The number of hydrogen-bond acceptors (Lipinski definition) is 4. The number of nitrogens with one attached hydrogen (secondary N) is 1. The van der Waals surface area contributed by atoms with Gasteiger partial charge in [0.1, 0.15) is 6.04 Å². The predicted molar refractivity (Wildman–Crippen MR) is 69.3 cm³/mol. The largest absolute Gasteiger partial charge is 0.467 e. The first-order valence-corrected chi connectivity index (χ1v) is 5.88. The van der Waals surface area contributed by atoms with Crippen molar-refractivity contribution in [1.29, 1.82) is 5.26 Å². The molecule has 0 spiro atoms. The van der Waals surface area contributed by atoms with Gasteiger partial charge in [-0.2, -0.15) is 5.26 Å². The second-order valence-electron chi connectivity index (χ2n) is 4.41. The van der Waals surface area contributed by atoms with Crippen LogP contribution in [-0.2, 0) is 9.53 Å². The zero-order valence-electron chi connectivity index (χ0n) is 11.1. The molecule has 5 nitrogen and oxygen atoms in total. The van der Waals surface area contributed by atoms with E-state index in [1.165, 1.54) is 7.11 Å². The standard InChI is InChI=1S/C14H16N2O3/c1-9(2)12(14(18)19-3)16-13(17)11-6-4-10(8-15)5-7-11/h4-7,9,12H,1-3H3,(H,16,17)/t12-/m0/s1. The Labute approximate surface area is 112 Å². The molecule has 0 radical (unpaired) electrons. The lowest BCUT2D eigenvalue weighted by atomic mass is 10.0. The van der Waals surface area contributed by atoms with E-state index in [9.17, 15) is 9.59 Å². The molecule has 1 atom stereocenters. The van der Waals surface area contributed by atoms with Crippen molar-refractivity contribution in [2.75, 3.05) is 7.11 Å². The van der Waals surface area contributed by atoms with Gasteiger partial charge in [0.15, 0.2) is 0 Å². The number of carbonyl (C=O) groups excluding carboxylic acids is 2. The summed E-state index contributed by atoms with van der Waals surface area (Å²) in [6.07, 6.45) is 0. The number of methoxy groups -OCH3 is 1. The molecule has 0 aliphatic carbocycles. The summed E-state index contributed by atoms with van der Waals surface area (Å²) in [4.78, 5) is 23.5. The number of esters is 1. The number of benzene rings is 1. The summed E-state index contributed by atoms with van der Waals surface area (Å²) in [5.41, 5.74) is 0.874.